The molecule has 0 rings (SSSR count). The van der Waals surface area contributed by atoms with Crippen molar-refractivity contribution in [2.24, 2.45) is 0 Å². The van der Waals surface area contributed by atoms with Gasteiger partial charge in [-0.1, -0.05) is 260 Å². The number of rotatable bonds is 59. The van der Waals surface area contributed by atoms with Crippen molar-refractivity contribution in [3.05, 3.63) is 85.1 Å². The van der Waals surface area contributed by atoms with Crippen molar-refractivity contribution in [2.75, 3.05) is 40.9 Å². The lowest BCUT2D eigenvalue weighted by Gasteiger charge is -2.27. The van der Waals surface area contributed by atoms with Crippen molar-refractivity contribution in [1.29, 1.82) is 0 Å². The molecule has 0 aromatic carbocycles. The summed E-state index contributed by atoms with van der Waals surface area (Å²) in [6.07, 6.45) is 77.2. The second kappa shape index (κ2) is 58.4. The molecule has 0 saturated carbocycles. The Morgan fingerprint density at radius 1 is 0.456 bits per heavy atom. The van der Waals surface area contributed by atoms with Gasteiger partial charge in [0.15, 0.2) is 0 Å². The fourth-order valence-corrected chi connectivity index (χ4v) is 9.99. The van der Waals surface area contributed by atoms with Crippen molar-refractivity contribution in [3.8, 4) is 0 Å². The highest BCUT2D eigenvalue weighted by molar-refractivity contribution is 7.47. The Kier molecular flexibility index (Phi) is 56.3. The Bertz CT molecular complexity index is 1630. The Morgan fingerprint density at radius 3 is 1.24 bits per heavy atom. The van der Waals surface area contributed by atoms with Gasteiger partial charge >= 0.3 is 13.8 Å². The molecular weight excluding hydrogens is 1000 g/mol. The normalized spacial score (nSPS) is 14.2. The topological polar surface area (TPSA) is 111 Å². The van der Waals surface area contributed by atoms with Gasteiger partial charge in [0.25, 0.3) is 0 Å². The lowest BCUT2D eigenvalue weighted by atomic mass is 10.0. The lowest BCUT2D eigenvalue weighted by Crippen LogP contribution is -2.47. The highest BCUT2D eigenvalue weighted by Crippen LogP contribution is 2.43. The molecule has 0 spiro atoms. The third kappa shape index (κ3) is 59.6. The lowest BCUT2D eigenvalue weighted by molar-refractivity contribution is -0.870. The standard InChI is InChI=1S/C69H125N2O7P/c1-7-10-13-16-19-22-25-28-30-32-34-35-37-38-40-43-46-49-52-55-58-61-68(72)70-66(65-77-79(74,75)76-64-63-71(4,5)6)67(60-57-54-51-48-45-42-27-24-21-18-15-12-9-3)78-69(73)62-59-56-53-50-47-44-41-39-36-33-31-29-26-23-20-17-14-11-8-2/h11,14,20,23,28-31,36,39,44,47,57,60,66-67H,7-10,12-13,15-19,21-22,24-27,32-35,37-38,40-43,45-46,48-56,58-59,61-65H2,1-6H3,(H-,70,72,74,75)/p+1/b14-11-,23-20-,30-28+,31-29-,39-36-,47-44-,60-57+. The second-order valence-electron chi connectivity index (χ2n) is 23.3. The number of allylic oxidation sites excluding steroid dienone is 13. The van der Waals surface area contributed by atoms with Crippen LogP contribution in [0.1, 0.15) is 290 Å². The number of amides is 1. The van der Waals surface area contributed by atoms with Crippen LogP contribution in [0, 0.1) is 0 Å². The Balaban J connectivity index is 5.27. The number of nitrogens with one attached hydrogen (secondary N) is 1. The van der Waals surface area contributed by atoms with Crippen LogP contribution in [0.5, 0.6) is 0 Å². The van der Waals surface area contributed by atoms with Gasteiger partial charge < -0.3 is 19.4 Å². The molecule has 0 aromatic rings. The van der Waals surface area contributed by atoms with E-state index in [4.69, 9.17) is 13.8 Å². The van der Waals surface area contributed by atoms with Crippen LogP contribution in [0.2, 0.25) is 0 Å². The fourth-order valence-electron chi connectivity index (χ4n) is 9.26. The van der Waals surface area contributed by atoms with Crippen LogP contribution in [0.25, 0.3) is 0 Å². The summed E-state index contributed by atoms with van der Waals surface area (Å²) in [5.74, 6) is -0.540. The molecule has 3 unspecified atom stereocenters. The van der Waals surface area contributed by atoms with E-state index >= 15 is 0 Å². The van der Waals surface area contributed by atoms with Crippen LogP contribution in [0.3, 0.4) is 0 Å². The summed E-state index contributed by atoms with van der Waals surface area (Å²) in [5, 5.41) is 3.06. The maximum Gasteiger partial charge on any atom is 0.472 e. The van der Waals surface area contributed by atoms with E-state index in [9.17, 15) is 19.0 Å². The quantitative estimate of drug-likeness (QED) is 0.0205. The number of likely N-dealkylation sites (N-methyl/N-ethyl adjacent to an activating group) is 1. The molecule has 2 N–H and O–H groups in total. The van der Waals surface area contributed by atoms with Gasteiger partial charge in [-0.15, -0.1) is 0 Å². The zero-order chi connectivity index (χ0) is 57.9. The van der Waals surface area contributed by atoms with E-state index in [1.54, 1.807) is 0 Å². The minimum atomic E-state index is -4.46. The number of phosphoric ester groups is 1. The van der Waals surface area contributed by atoms with Crippen LogP contribution < -0.4 is 5.32 Å². The summed E-state index contributed by atoms with van der Waals surface area (Å²) in [7, 11) is 1.47. The average molecular weight is 1130 g/mol. The van der Waals surface area contributed by atoms with E-state index in [2.05, 4.69) is 99.0 Å². The zero-order valence-electron chi connectivity index (χ0n) is 52.3. The first kappa shape index (κ1) is 76.2. The van der Waals surface area contributed by atoms with E-state index < -0.39 is 20.0 Å². The van der Waals surface area contributed by atoms with Crippen molar-refractivity contribution in [1.82, 2.24) is 5.32 Å². The van der Waals surface area contributed by atoms with Crippen LogP contribution in [-0.2, 0) is 27.9 Å². The molecule has 0 aromatic heterocycles. The van der Waals surface area contributed by atoms with E-state index in [0.717, 1.165) is 89.9 Å². The molecule has 0 aliphatic carbocycles. The SMILES string of the molecule is CC/C=C\C/C=C\C/C=C\C/C=C\C/C=C\CCCCCC(=O)OC(/C=C/CCCCCCCCCCCCC)C(COP(=O)(O)OCC[N+](C)(C)C)NC(=O)CCCCCCCCCCCCC/C=C/CCCCCCCC. The number of carbonyl (C=O) groups excluding carboxylic acids is 2. The minimum Gasteiger partial charge on any atom is -0.456 e. The predicted octanol–water partition coefficient (Wildman–Crippen LogP) is 20.6. The summed E-state index contributed by atoms with van der Waals surface area (Å²) in [6.45, 7) is 6.89. The molecule has 0 bridgehead atoms. The molecule has 9 nitrogen and oxygen atoms in total. The average Bonchev–Trinajstić information content (AvgIpc) is 3.41. The molecule has 1 amide bonds. The number of nitrogens with zero attached hydrogens (tertiary/aromatic N) is 1. The van der Waals surface area contributed by atoms with Crippen LogP contribution in [0.15, 0.2) is 85.1 Å². The number of carbonyl (C=O) groups is 2. The molecule has 0 heterocycles. The van der Waals surface area contributed by atoms with Crippen LogP contribution in [0.4, 0.5) is 0 Å². The summed E-state index contributed by atoms with van der Waals surface area (Å²) in [6, 6.07) is -0.866. The first-order chi connectivity index (χ1) is 38.4. The van der Waals surface area contributed by atoms with Gasteiger partial charge in [0.1, 0.15) is 19.3 Å². The first-order valence-electron chi connectivity index (χ1n) is 32.9. The third-order valence-electron chi connectivity index (χ3n) is 14.3. The minimum absolute atomic E-state index is 0.0319. The van der Waals surface area contributed by atoms with Gasteiger partial charge in [-0.3, -0.25) is 18.6 Å². The highest BCUT2D eigenvalue weighted by Gasteiger charge is 2.30. The number of unbranched alkanes of at least 4 members (excludes halogenated alkanes) is 31. The molecule has 0 aliphatic heterocycles. The molecule has 10 heteroatoms. The predicted molar refractivity (Wildman–Crippen MR) is 341 cm³/mol. The Hall–Kier alpha value is -2.81. The van der Waals surface area contributed by atoms with E-state index in [1.165, 1.54) is 161 Å². The third-order valence-corrected chi connectivity index (χ3v) is 15.3. The summed E-state index contributed by atoms with van der Waals surface area (Å²) >= 11 is 0. The van der Waals surface area contributed by atoms with Crippen molar-refractivity contribution in [2.45, 2.75) is 303 Å². The van der Waals surface area contributed by atoms with E-state index in [1.807, 2.05) is 33.3 Å². The van der Waals surface area contributed by atoms with E-state index in [0.29, 0.717) is 23.9 Å². The molecule has 0 radical (unpaired) electrons. The number of ether oxygens (including phenoxy) is 1. The molecule has 0 saturated heterocycles. The van der Waals surface area contributed by atoms with Crippen LogP contribution in [-0.4, -0.2) is 74.3 Å². The fraction of sp³-hybridized carbons (Fsp3) is 0.768. The Morgan fingerprint density at radius 2 is 0.810 bits per heavy atom. The second-order valence-corrected chi connectivity index (χ2v) is 24.7. The number of quaternary nitrogens is 1. The monoisotopic (exact) mass is 1130 g/mol. The molecule has 79 heavy (non-hydrogen) atoms. The van der Waals surface area contributed by atoms with Gasteiger partial charge in [-0.25, -0.2) is 4.57 Å². The smallest absolute Gasteiger partial charge is 0.456 e. The summed E-state index contributed by atoms with van der Waals surface area (Å²) in [5.41, 5.74) is 0. The molecule has 3 atom stereocenters. The van der Waals surface area contributed by atoms with Crippen molar-refractivity contribution < 1.29 is 37.3 Å². The van der Waals surface area contributed by atoms with Gasteiger partial charge in [0, 0.05) is 12.8 Å². The largest absolute Gasteiger partial charge is 0.472 e. The molecule has 0 aliphatic rings. The van der Waals surface area contributed by atoms with Gasteiger partial charge in [0.2, 0.25) is 5.91 Å². The van der Waals surface area contributed by atoms with Gasteiger partial charge in [-0.2, -0.15) is 0 Å². The van der Waals surface area contributed by atoms with Gasteiger partial charge in [0.05, 0.1) is 33.8 Å². The number of hydrogen-bond acceptors (Lipinski definition) is 6. The first-order valence-corrected chi connectivity index (χ1v) is 34.4. The maximum atomic E-state index is 13.6. The van der Waals surface area contributed by atoms with Crippen molar-refractivity contribution in [3.63, 3.8) is 0 Å². The maximum absolute atomic E-state index is 13.6. The molecule has 458 valence electrons. The van der Waals surface area contributed by atoms with Crippen LogP contribution >= 0.6 is 7.82 Å². The van der Waals surface area contributed by atoms with E-state index in [-0.39, 0.29) is 31.5 Å². The Labute approximate surface area is 488 Å². The summed E-state index contributed by atoms with van der Waals surface area (Å²) < 4.78 is 30.7. The number of esters is 1. The molecule has 0 fully saturated rings. The highest BCUT2D eigenvalue weighted by atomic mass is 31.2. The number of phosphoric acid groups is 1. The van der Waals surface area contributed by atoms with Crippen molar-refractivity contribution >= 4 is 19.7 Å². The summed E-state index contributed by atoms with van der Waals surface area (Å²) in [4.78, 5) is 37.8. The molecular formula is C69H126N2O7P+. The van der Waals surface area contributed by atoms with Gasteiger partial charge in [-0.05, 0) is 102 Å². The number of hydrogen-bond donors (Lipinski definition) is 2. The zero-order valence-corrected chi connectivity index (χ0v) is 53.2.